The molecule has 0 amide bonds. The summed E-state index contributed by atoms with van der Waals surface area (Å²) in [5, 5.41) is 0. The van der Waals surface area contributed by atoms with Crippen molar-refractivity contribution in [1.82, 2.24) is 4.72 Å². The molecule has 0 radical (unpaired) electrons. The maximum Gasteiger partial charge on any atom is 0.416 e. The van der Waals surface area contributed by atoms with Gasteiger partial charge in [0.05, 0.1) is 30.1 Å². The molecule has 0 bridgehead atoms. The van der Waals surface area contributed by atoms with Crippen molar-refractivity contribution in [3.63, 3.8) is 0 Å². The first-order valence-electron chi connectivity index (χ1n) is 7.25. The average molecular weight is 337 g/mol. The van der Waals surface area contributed by atoms with E-state index in [1.807, 2.05) is 6.92 Å². The molecule has 1 unspecified atom stereocenters. The molecule has 1 fully saturated rings. The molecule has 1 aliphatic heterocycles. The molecule has 2 atom stereocenters. The highest BCUT2D eigenvalue weighted by atomic mass is 32.2. The minimum atomic E-state index is -4.56. The maximum atomic E-state index is 12.7. The Kier molecular flexibility index (Phi) is 5.14. The highest BCUT2D eigenvalue weighted by molar-refractivity contribution is 7.89. The lowest BCUT2D eigenvalue weighted by atomic mass is 10.2. The molecule has 1 aromatic rings. The Bertz CT molecular complexity index is 617. The molecule has 8 heteroatoms. The zero-order chi connectivity index (χ0) is 16.4. The summed E-state index contributed by atoms with van der Waals surface area (Å²) in [5.41, 5.74) is -0.961. The highest BCUT2D eigenvalue weighted by Gasteiger charge is 2.32. The third-order valence-electron chi connectivity index (χ3n) is 4.07. The zero-order valence-corrected chi connectivity index (χ0v) is 13.1. The van der Waals surface area contributed by atoms with Gasteiger partial charge in [-0.1, -0.05) is 6.07 Å². The summed E-state index contributed by atoms with van der Waals surface area (Å²) in [7, 11) is -3.93. The van der Waals surface area contributed by atoms with E-state index in [9.17, 15) is 21.6 Å². The van der Waals surface area contributed by atoms with Gasteiger partial charge in [-0.2, -0.15) is 13.2 Å². The van der Waals surface area contributed by atoms with Crippen molar-refractivity contribution < 1.29 is 26.5 Å². The van der Waals surface area contributed by atoms with E-state index in [0.717, 1.165) is 38.1 Å². The number of likely N-dealkylation sites (N-methyl/N-ethyl adjacent to an activating group) is 1. The van der Waals surface area contributed by atoms with Crippen LogP contribution in [-0.2, 0) is 16.2 Å². The summed E-state index contributed by atoms with van der Waals surface area (Å²) in [6, 6.07) is 4.00. The van der Waals surface area contributed by atoms with E-state index >= 15 is 0 Å². The molecule has 124 valence electrons. The van der Waals surface area contributed by atoms with Gasteiger partial charge in [-0.3, -0.25) is 0 Å². The predicted octanol–water partition coefficient (Wildman–Crippen LogP) is 1.05. The van der Waals surface area contributed by atoms with Gasteiger partial charge in [-0.15, -0.1) is 0 Å². The number of sulfonamides is 1. The number of likely N-dealkylation sites (tertiary alicyclic amines) is 1. The summed E-state index contributed by atoms with van der Waals surface area (Å²) in [5.74, 6) is 0. The number of halogens is 3. The fourth-order valence-electron chi connectivity index (χ4n) is 2.83. The van der Waals surface area contributed by atoms with Gasteiger partial charge in [-0.05, 0) is 25.1 Å². The van der Waals surface area contributed by atoms with Crippen LogP contribution in [0.3, 0.4) is 0 Å². The second kappa shape index (κ2) is 6.55. The van der Waals surface area contributed by atoms with Crippen LogP contribution in [0.4, 0.5) is 13.2 Å². The van der Waals surface area contributed by atoms with E-state index in [-0.39, 0.29) is 17.5 Å². The van der Waals surface area contributed by atoms with Gasteiger partial charge in [0, 0.05) is 12.8 Å². The van der Waals surface area contributed by atoms with Crippen molar-refractivity contribution in [2.75, 3.05) is 19.6 Å². The standard InChI is InChI=1S/C14H19F3N2O2S/c1-2-19-8-4-6-12(19)10-18-22(20,21)13-7-3-5-11(9-13)14(15,16)17/h3,5,7,9,12,18H,2,4,6,8,10H2,1H3/p+1/t12-/m0/s1. The van der Waals surface area contributed by atoms with Crippen LogP contribution in [0.5, 0.6) is 0 Å². The zero-order valence-electron chi connectivity index (χ0n) is 12.3. The highest BCUT2D eigenvalue weighted by Crippen LogP contribution is 2.30. The van der Waals surface area contributed by atoms with E-state index in [1.165, 1.54) is 11.0 Å². The molecule has 1 aromatic carbocycles. The minimum Gasteiger partial charge on any atom is -0.332 e. The molecular formula is C14H20F3N2O2S+. The van der Waals surface area contributed by atoms with Gasteiger partial charge < -0.3 is 4.90 Å². The Balaban J connectivity index is 2.10. The lowest BCUT2D eigenvalue weighted by Crippen LogP contribution is -3.14. The van der Waals surface area contributed by atoms with Crippen LogP contribution >= 0.6 is 0 Å². The van der Waals surface area contributed by atoms with Crippen LogP contribution in [0, 0.1) is 0 Å². The number of nitrogens with one attached hydrogen (secondary N) is 2. The lowest BCUT2D eigenvalue weighted by Gasteiger charge is -2.20. The first-order valence-corrected chi connectivity index (χ1v) is 8.74. The average Bonchev–Trinajstić information content (AvgIpc) is 2.92. The van der Waals surface area contributed by atoms with Crippen LogP contribution in [-0.4, -0.2) is 34.1 Å². The van der Waals surface area contributed by atoms with Crippen LogP contribution in [0.1, 0.15) is 25.3 Å². The van der Waals surface area contributed by atoms with Gasteiger partial charge >= 0.3 is 6.18 Å². The van der Waals surface area contributed by atoms with Crippen molar-refractivity contribution in [2.24, 2.45) is 0 Å². The van der Waals surface area contributed by atoms with Gasteiger partial charge in [0.1, 0.15) is 6.04 Å². The van der Waals surface area contributed by atoms with Gasteiger partial charge in [0.2, 0.25) is 10.0 Å². The molecule has 1 aliphatic rings. The summed E-state index contributed by atoms with van der Waals surface area (Å²) in [6.45, 7) is 4.21. The van der Waals surface area contributed by atoms with Crippen LogP contribution in [0.15, 0.2) is 29.2 Å². The van der Waals surface area contributed by atoms with E-state index in [4.69, 9.17) is 0 Å². The van der Waals surface area contributed by atoms with Crippen molar-refractivity contribution >= 4 is 10.0 Å². The number of alkyl halides is 3. The van der Waals surface area contributed by atoms with E-state index in [0.29, 0.717) is 6.07 Å². The smallest absolute Gasteiger partial charge is 0.332 e. The van der Waals surface area contributed by atoms with Crippen LogP contribution < -0.4 is 9.62 Å². The summed E-state index contributed by atoms with van der Waals surface area (Å²) < 4.78 is 64.8. The van der Waals surface area contributed by atoms with Crippen LogP contribution in [0.25, 0.3) is 0 Å². The second-order valence-corrected chi connectivity index (χ2v) is 7.25. The normalized spacial score (nSPS) is 22.9. The van der Waals surface area contributed by atoms with Crippen molar-refractivity contribution in [3.05, 3.63) is 29.8 Å². The molecule has 0 spiro atoms. The minimum absolute atomic E-state index is 0.186. The van der Waals surface area contributed by atoms with Gasteiger partial charge in [-0.25, -0.2) is 13.1 Å². The predicted molar refractivity (Wildman–Crippen MR) is 76.0 cm³/mol. The first kappa shape index (κ1) is 17.2. The number of hydrogen-bond donors (Lipinski definition) is 2. The molecule has 0 aromatic heterocycles. The molecule has 1 saturated heterocycles. The largest absolute Gasteiger partial charge is 0.416 e. The molecule has 1 heterocycles. The maximum absolute atomic E-state index is 12.7. The Hall–Kier alpha value is -1.12. The molecule has 0 saturated carbocycles. The molecule has 0 aliphatic carbocycles. The number of hydrogen-bond acceptors (Lipinski definition) is 2. The Morgan fingerprint density at radius 1 is 1.36 bits per heavy atom. The molecule has 2 N–H and O–H groups in total. The monoisotopic (exact) mass is 337 g/mol. The molecule has 4 nitrogen and oxygen atoms in total. The summed E-state index contributed by atoms with van der Waals surface area (Å²) in [6.07, 6.45) is -2.59. The Morgan fingerprint density at radius 3 is 2.73 bits per heavy atom. The van der Waals surface area contributed by atoms with Crippen molar-refractivity contribution in [1.29, 1.82) is 0 Å². The first-order chi connectivity index (χ1) is 10.2. The lowest BCUT2D eigenvalue weighted by molar-refractivity contribution is -0.909. The van der Waals surface area contributed by atoms with Crippen molar-refractivity contribution in [3.8, 4) is 0 Å². The third-order valence-corrected chi connectivity index (χ3v) is 5.49. The number of quaternary nitrogens is 1. The van der Waals surface area contributed by atoms with Crippen molar-refractivity contribution in [2.45, 2.75) is 36.9 Å². The Labute approximate surface area is 128 Å². The number of benzene rings is 1. The topological polar surface area (TPSA) is 50.6 Å². The van der Waals surface area contributed by atoms with E-state index in [2.05, 4.69) is 4.72 Å². The fourth-order valence-corrected chi connectivity index (χ4v) is 3.96. The molecule has 2 rings (SSSR count). The second-order valence-electron chi connectivity index (χ2n) is 5.48. The third kappa shape index (κ3) is 3.99. The van der Waals surface area contributed by atoms with Gasteiger partial charge in [0.25, 0.3) is 0 Å². The summed E-state index contributed by atoms with van der Waals surface area (Å²) >= 11 is 0. The molecule has 22 heavy (non-hydrogen) atoms. The Morgan fingerprint density at radius 2 is 2.09 bits per heavy atom. The summed E-state index contributed by atoms with van der Waals surface area (Å²) in [4.78, 5) is 0.977. The molecular weight excluding hydrogens is 317 g/mol. The van der Waals surface area contributed by atoms with Crippen LogP contribution in [0.2, 0.25) is 0 Å². The van der Waals surface area contributed by atoms with E-state index in [1.54, 1.807) is 0 Å². The van der Waals surface area contributed by atoms with E-state index < -0.39 is 21.8 Å². The quantitative estimate of drug-likeness (QED) is 0.844. The van der Waals surface area contributed by atoms with Gasteiger partial charge in [0.15, 0.2) is 0 Å². The number of rotatable bonds is 5. The SMILES string of the molecule is CC[NH+]1CCC[C@H]1CNS(=O)(=O)c1cccc(C(F)(F)F)c1. The fraction of sp³-hybridized carbons (Fsp3) is 0.571.